The fourth-order valence-corrected chi connectivity index (χ4v) is 4.18. The summed E-state index contributed by atoms with van der Waals surface area (Å²) in [6.45, 7) is 0. The molecule has 2 aliphatic rings. The Balaban J connectivity index is 1.16. The van der Waals surface area contributed by atoms with E-state index >= 15 is 0 Å². The molecule has 1 N–H and O–H groups in total. The third-order valence-corrected chi connectivity index (χ3v) is 6.17. The minimum absolute atomic E-state index is 0.0234. The van der Waals surface area contributed by atoms with Crippen LogP contribution in [0.2, 0.25) is 0 Å². The molecule has 0 unspecified atom stereocenters. The zero-order valence-electron chi connectivity index (χ0n) is 17.3. The van der Waals surface area contributed by atoms with Gasteiger partial charge in [-0.1, -0.05) is 12.1 Å². The number of anilines is 1. The maximum atomic E-state index is 12.6. The highest BCUT2D eigenvalue weighted by Crippen LogP contribution is 2.45. The van der Waals surface area contributed by atoms with E-state index in [0.717, 1.165) is 27.8 Å². The fourth-order valence-electron chi connectivity index (χ4n) is 4.18. The third kappa shape index (κ3) is 3.83. The first-order chi connectivity index (χ1) is 15.2. The number of fused-ring (bicyclic) bond motifs is 1. The van der Waals surface area contributed by atoms with E-state index in [0.29, 0.717) is 18.3 Å². The fraction of sp³-hybridized carbons (Fsp3) is 0.269. The first kappa shape index (κ1) is 18.3. The van der Waals surface area contributed by atoms with Crippen LogP contribution in [0, 0.1) is 0 Å². The molecule has 0 aliphatic heterocycles. The van der Waals surface area contributed by atoms with E-state index in [-0.39, 0.29) is 5.91 Å². The third-order valence-electron chi connectivity index (χ3n) is 6.17. The summed E-state index contributed by atoms with van der Waals surface area (Å²) in [5, 5.41) is 8.96. The van der Waals surface area contributed by atoms with Crippen molar-refractivity contribution in [3.05, 3.63) is 83.8 Å². The van der Waals surface area contributed by atoms with Gasteiger partial charge in [-0.05, 0) is 79.8 Å². The second kappa shape index (κ2) is 7.34. The highest BCUT2D eigenvalue weighted by atomic mass is 16.1. The van der Waals surface area contributed by atoms with Gasteiger partial charge in [0.1, 0.15) is 0 Å². The molecule has 154 valence electrons. The Morgan fingerprint density at radius 2 is 1.77 bits per heavy atom. The molecule has 0 spiro atoms. The molecule has 2 saturated carbocycles. The van der Waals surface area contributed by atoms with Crippen molar-refractivity contribution in [3.63, 3.8) is 0 Å². The molecule has 6 rings (SSSR count). The monoisotopic (exact) mass is 408 g/mol. The van der Waals surface area contributed by atoms with E-state index in [2.05, 4.69) is 21.0 Å². The maximum absolute atomic E-state index is 12.6. The summed E-state index contributed by atoms with van der Waals surface area (Å²) in [4.78, 5) is 16.9. The highest BCUT2D eigenvalue weighted by molar-refractivity contribution is 5.93. The van der Waals surface area contributed by atoms with Crippen molar-refractivity contribution in [1.82, 2.24) is 14.8 Å². The van der Waals surface area contributed by atoms with Gasteiger partial charge in [-0.2, -0.15) is 5.10 Å². The van der Waals surface area contributed by atoms with Crippen molar-refractivity contribution < 1.29 is 4.79 Å². The SMILES string of the molecule is O=C(Cc1ccc2ncccc2c1)Nc1ccc(-n2nc(C3CC3)cc2C2CC2)cc1. The van der Waals surface area contributed by atoms with Crippen molar-refractivity contribution in [3.8, 4) is 5.69 Å². The molecule has 2 heterocycles. The molecule has 5 nitrogen and oxygen atoms in total. The molecule has 4 aromatic rings. The Labute approximate surface area is 181 Å². The number of nitrogens with zero attached hydrogens (tertiary/aromatic N) is 3. The summed E-state index contributed by atoms with van der Waals surface area (Å²) in [5.41, 5.74) is 6.37. The van der Waals surface area contributed by atoms with Crippen LogP contribution in [-0.4, -0.2) is 20.7 Å². The quantitative estimate of drug-likeness (QED) is 0.467. The largest absolute Gasteiger partial charge is 0.326 e. The van der Waals surface area contributed by atoms with Crippen LogP contribution in [-0.2, 0) is 11.2 Å². The standard InChI is InChI=1S/C26H24N4O/c31-26(15-17-3-12-23-20(14-17)2-1-13-27-23)28-21-8-10-22(11-9-21)30-25(19-6-7-19)16-24(29-30)18-4-5-18/h1-3,8-14,16,18-19H,4-7,15H2,(H,28,31). The summed E-state index contributed by atoms with van der Waals surface area (Å²) in [6.07, 6.45) is 7.16. The van der Waals surface area contributed by atoms with Crippen molar-refractivity contribution in [1.29, 1.82) is 0 Å². The average Bonchev–Trinajstić information content (AvgIpc) is 3.73. The van der Waals surface area contributed by atoms with Gasteiger partial charge in [0.2, 0.25) is 5.91 Å². The molecule has 0 saturated heterocycles. The summed E-state index contributed by atoms with van der Waals surface area (Å²) in [5.74, 6) is 1.28. The molecule has 0 atom stereocenters. The Hall–Kier alpha value is -3.47. The molecule has 2 aromatic carbocycles. The van der Waals surface area contributed by atoms with Gasteiger partial charge < -0.3 is 5.32 Å². The van der Waals surface area contributed by atoms with E-state index in [4.69, 9.17) is 5.10 Å². The number of hydrogen-bond donors (Lipinski definition) is 1. The van der Waals surface area contributed by atoms with Gasteiger partial charge in [-0.15, -0.1) is 0 Å². The summed E-state index contributed by atoms with van der Waals surface area (Å²) in [7, 11) is 0. The van der Waals surface area contributed by atoms with Gasteiger partial charge in [-0.25, -0.2) is 4.68 Å². The van der Waals surface area contributed by atoms with Crippen LogP contribution in [0.1, 0.15) is 54.5 Å². The Bertz CT molecular complexity index is 1270. The van der Waals surface area contributed by atoms with Gasteiger partial charge in [-0.3, -0.25) is 9.78 Å². The van der Waals surface area contributed by atoms with E-state index < -0.39 is 0 Å². The molecule has 2 fully saturated rings. The molecule has 2 aromatic heterocycles. The van der Waals surface area contributed by atoms with Crippen LogP contribution in [0.15, 0.2) is 66.9 Å². The van der Waals surface area contributed by atoms with Crippen LogP contribution in [0.3, 0.4) is 0 Å². The number of carbonyl (C=O) groups is 1. The summed E-state index contributed by atoms with van der Waals surface area (Å²) < 4.78 is 2.11. The molecule has 1 amide bonds. The minimum Gasteiger partial charge on any atom is -0.326 e. The van der Waals surface area contributed by atoms with Gasteiger partial charge >= 0.3 is 0 Å². The van der Waals surface area contributed by atoms with Crippen LogP contribution >= 0.6 is 0 Å². The lowest BCUT2D eigenvalue weighted by molar-refractivity contribution is -0.115. The zero-order valence-corrected chi connectivity index (χ0v) is 17.3. The number of hydrogen-bond acceptors (Lipinski definition) is 3. The predicted molar refractivity (Wildman–Crippen MR) is 122 cm³/mol. The van der Waals surface area contributed by atoms with E-state index in [1.807, 2.05) is 54.6 Å². The normalized spacial score (nSPS) is 15.9. The van der Waals surface area contributed by atoms with Gasteiger partial charge in [0.25, 0.3) is 0 Å². The topological polar surface area (TPSA) is 59.8 Å². The average molecular weight is 409 g/mol. The minimum atomic E-state index is -0.0234. The van der Waals surface area contributed by atoms with Crippen molar-refractivity contribution in [2.45, 2.75) is 43.9 Å². The number of nitrogens with one attached hydrogen (secondary N) is 1. The van der Waals surface area contributed by atoms with Gasteiger partial charge in [0.15, 0.2) is 0 Å². The number of aromatic nitrogens is 3. The smallest absolute Gasteiger partial charge is 0.228 e. The van der Waals surface area contributed by atoms with Gasteiger partial charge in [0.05, 0.1) is 23.3 Å². The Morgan fingerprint density at radius 3 is 2.55 bits per heavy atom. The number of benzene rings is 2. The maximum Gasteiger partial charge on any atom is 0.228 e. The van der Waals surface area contributed by atoms with E-state index in [1.165, 1.54) is 37.1 Å². The number of carbonyl (C=O) groups excluding carboxylic acids is 1. The van der Waals surface area contributed by atoms with Crippen LogP contribution in [0.25, 0.3) is 16.6 Å². The lowest BCUT2D eigenvalue weighted by Gasteiger charge is -2.09. The van der Waals surface area contributed by atoms with Crippen molar-refractivity contribution in [2.75, 3.05) is 5.32 Å². The molecule has 0 bridgehead atoms. The molecule has 2 aliphatic carbocycles. The predicted octanol–water partition coefficient (Wildman–Crippen LogP) is 5.36. The van der Waals surface area contributed by atoms with Gasteiger partial charge in [0, 0.05) is 34.8 Å². The Kier molecular flexibility index (Phi) is 4.34. The number of rotatable bonds is 6. The molecule has 0 radical (unpaired) electrons. The van der Waals surface area contributed by atoms with Crippen LogP contribution in [0.4, 0.5) is 5.69 Å². The second-order valence-electron chi connectivity index (χ2n) is 8.76. The Morgan fingerprint density at radius 1 is 0.968 bits per heavy atom. The van der Waals surface area contributed by atoms with Crippen LogP contribution < -0.4 is 5.32 Å². The lowest BCUT2D eigenvalue weighted by atomic mass is 10.1. The molecular formula is C26H24N4O. The number of amides is 1. The lowest BCUT2D eigenvalue weighted by Crippen LogP contribution is -2.14. The highest BCUT2D eigenvalue weighted by Gasteiger charge is 2.32. The summed E-state index contributed by atoms with van der Waals surface area (Å²) >= 11 is 0. The van der Waals surface area contributed by atoms with Crippen molar-refractivity contribution in [2.24, 2.45) is 0 Å². The molecule has 31 heavy (non-hydrogen) atoms. The van der Waals surface area contributed by atoms with E-state index in [9.17, 15) is 4.79 Å². The van der Waals surface area contributed by atoms with E-state index in [1.54, 1.807) is 6.20 Å². The molecule has 5 heteroatoms. The summed E-state index contributed by atoms with van der Waals surface area (Å²) in [6, 6.07) is 20.2. The van der Waals surface area contributed by atoms with Crippen molar-refractivity contribution >= 4 is 22.5 Å². The zero-order chi connectivity index (χ0) is 20.8. The first-order valence-electron chi connectivity index (χ1n) is 11.1. The second-order valence-corrected chi connectivity index (χ2v) is 8.76. The first-order valence-corrected chi connectivity index (χ1v) is 11.1. The van der Waals surface area contributed by atoms with Crippen LogP contribution in [0.5, 0.6) is 0 Å². The number of pyridine rings is 1. The molecular weight excluding hydrogens is 384 g/mol.